The highest BCUT2D eigenvalue weighted by atomic mass is 32.2. The van der Waals surface area contributed by atoms with Gasteiger partial charge in [0, 0.05) is 17.5 Å². The van der Waals surface area contributed by atoms with Gasteiger partial charge in [-0.1, -0.05) is 30.0 Å². The fraction of sp³-hybridized carbons (Fsp3) is 0.500. The highest BCUT2D eigenvalue weighted by molar-refractivity contribution is 8.00. The number of nitrogens with zero attached hydrogens (tertiary/aromatic N) is 3. The molecule has 2 aromatic rings. The van der Waals surface area contributed by atoms with E-state index in [4.69, 9.17) is 0 Å². The average Bonchev–Trinajstić information content (AvgIpc) is 2.52. The van der Waals surface area contributed by atoms with Crippen molar-refractivity contribution in [2.45, 2.75) is 57.1 Å². The highest BCUT2D eigenvalue weighted by Crippen LogP contribution is 2.28. The lowest BCUT2D eigenvalue weighted by molar-refractivity contribution is -0.134. The fourth-order valence-electron chi connectivity index (χ4n) is 3.39. The monoisotopic (exact) mass is 329 g/mol. The maximum absolute atomic E-state index is 12.7. The van der Waals surface area contributed by atoms with Crippen LogP contribution in [0, 0.1) is 6.92 Å². The molecule has 0 aliphatic carbocycles. The number of carbonyl (C=O) groups is 1. The van der Waals surface area contributed by atoms with Gasteiger partial charge in [0.05, 0.1) is 11.3 Å². The van der Waals surface area contributed by atoms with E-state index in [1.54, 1.807) is 0 Å². The second kappa shape index (κ2) is 6.87. The van der Waals surface area contributed by atoms with E-state index in [0.29, 0.717) is 17.8 Å². The minimum absolute atomic E-state index is 0.218. The predicted molar refractivity (Wildman–Crippen MR) is 94.6 cm³/mol. The molecule has 1 saturated heterocycles. The molecule has 0 spiro atoms. The third kappa shape index (κ3) is 3.50. The number of aromatic nitrogens is 2. The Balaban J connectivity index is 1.77. The Morgan fingerprint density at radius 1 is 1.22 bits per heavy atom. The van der Waals surface area contributed by atoms with Gasteiger partial charge < -0.3 is 4.90 Å². The first-order valence-electron chi connectivity index (χ1n) is 8.23. The molecule has 2 heterocycles. The van der Waals surface area contributed by atoms with Gasteiger partial charge in [-0.15, -0.1) is 0 Å². The summed E-state index contributed by atoms with van der Waals surface area (Å²) in [6, 6.07) is 8.66. The molecule has 5 heteroatoms. The number of para-hydroxylation sites is 1. The molecule has 1 amide bonds. The Bertz CT molecular complexity index is 708. The third-order valence-electron chi connectivity index (χ3n) is 4.49. The van der Waals surface area contributed by atoms with Gasteiger partial charge in [0.2, 0.25) is 5.91 Å². The normalized spacial score (nSPS) is 21.6. The fourth-order valence-corrected chi connectivity index (χ4v) is 4.32. The number of carbonyl (C=O) groups excluding carboxylic acids is 1. The average molecular weight is 329 g/mol. The van der Waals surface area contributed by atoms with Crippen molar-refractivity contribution in [3.63, 3.8) is 0 Å². The van der Waals surface area contributed by atoms with Gasteiger partial charge in [0.15, 0.2) is 0 Å². The van der Waals surface area contributed by atoms with Gasteiger partial charge in [-0.25, -0.2) is 9.97 Å². The second-order valence-electron chi connectivity index (χ2n) is 6.31. The smallest absolute Gasteiger partial charge is 0.233 e. The lowest BCUT2D eigenvalue weighted by atomic mass is 9.98. The summed E-state index contributed by atoms with van der Waals surface area (Å²) >= 11 is 1.53. The van der Waals surface area contributed by atoms with Gasteiger partial charge in [-0.3, -0.25) is 4.79 Å². The largest absolute Gasteiger partial charge is 0.337 e. The molecule has 1 aromatic heterocycles. The minimum atomic E-state index is 0.218. The molecular formula is C18H23N3OS. The molecule has 1 aliphatic rings. The molecule has 122 valence electrons. The lowest BCUT2D eigenvalue weighted by Crippen LogP contribution is -2.48. The quantitative estimate of drug-likeness (QED) is 0.634. The number of thioether (sulfide) groups is 1. The van der Waals surface area contributed by atoms with Crippen LogP contribution >= 0.6 is 11.8 Å². The Hall–Kier alpha value is -1.62. The van der Waals surface area contributed by atoms with Crippen LogP contribution in [0.5, 0.6) is 0 Å². The van der Waals surface area contributed by atoms with Crippen LogP contribution in [0.4, 0.5) is 0 Å². The van der Waals surface area contributed by atoms with E-state index in [1.165, 1.54) is 18.2 Å². The van der Waals surface area contributed by atoms with Gasteiger partial charge in [-0.2, -0.15) is 0 Å². The van der Waals surface area contributed by atoms with Crippen molar-refractivity contribution in [3.8, 4) is 0 Å². The number of piperidine rings is 1. The number of amides is 1. The SMILES string of the molecule is Cc1nc(SCC(=O)N2[C@H](C)CCC[C@@H]2C)c2ccccc2n1. The van der Waals surface area contributed by atoms with Crippen LogP contribution in [0.15, 0.2) is 29.3 Å². The molecule has 0 radical (unpaired) electrons. The molecular weight excluding hydrogens is 306 g/mol. The lowest BCUT2D eigenvalue weighted by Gasteiger charge is -2.39. The van der Waals surface area contributed by atoms with Crippen molar-refractivity contribution in [2.75, 3.05) is 5.75 Å². The summed E-state index contributed by atoms with van der Waals surface area (Å²) in [5.74, 6) is 1.41. The first-order valence-corrected chi connectivity index (χ1v) is 9.22. The van der Waals surface area contributed by atoms with Crippen LogP contribution < -0.4 is 0 Å². The summed E-state index contributed by atoms with van der Waals surface area (Å²) < 4.78 is 0. The van der Waals surface area contributed by atoms with Crippen molar-refractivity contribution in [1.82, 2.24) is 14.9 Å². The van der Waals surface area contributed by atoms with Crippen molar-refractivity contribution >= 4 is 28.6 Å². The Kier molecular flexibility index (Phi) is 4.85. The van der Waals surface area contributed by atoms with Crippen molar-refractivity contribution in [2.24, 2.45) is 0 Å². The van der Waals surface area contributed by atoms with Crippen LogP contribution in [0.1, 0.15) is 38.9 Å². The summed E-state index contributed by atoms with van der Waals surface area (Å²) in [6.45, 7) is 6.21. The van der Waals surface area contributed by atoms with E-state index in [0.717, 1.165) is 34.6 Å². The molecule has 23 heavy (non-hydrogen) atoms. The van der Waals surface area contributed by atoms with Crippen molar-refractivity contribution in [3.05, 3.63) is 30.1 Å². The first kappa shape index (κ1) is 16.2. The number of hydrogen-bond acceptors (Lipinski definition) is 4. The van der Waals surface area contributed by atoms with Gasteiger partial charge in [0.25, 0.3) is 0 Å². The van der Waals surface area contributed by atoms with Crippen LogP contribution in [-0.2, 0) is 4.79 Å². The van der Waals surface area contributed by atoms with E-state index in [2.05, 4.69) is 28.7 Å². The zero-order valence-electron chi connectivity index (χ0n) is 14.0. The summed E-state index contributed by atoms with van der Waals surface area (Å²) in [5.41, 5.74) is 0.939. The number of aryl methyl sites for hydroxylation is 1. The van der Waals surface area contributed by atoms with E-state index >= 15 is 0 Å². The number of hydrogen-bond donors (Lipinski definition) is 0. The zero-order chi connectivity index (χ0) is 16.4. The Labute approximate surface area is 141 Å². The molecule has 0 unspecified atom stereocenters. The number of fused-ring (bicyclic) bond motifs is 1. The van der Waals surface area contributed by atoms with Crippen LogP contribution in [0.2, 0.25) is 0 Å². The number of benzene rings is 1. The second-order valence-corrected chi connectivity index (χ2v) is 7.28. The third-order valence-corrected chi connectivity index (χ3v) is 5.47. The molecule has 1 aliphatic heterocycles. The zero-order valence-corrected chi connectivity index (χ0v) is 14.8. The van der Waals surface area contributed by atoms with E-state index in [-0.39, 0.29) is 5.91 Å². The summed E-state index contributed by atoms with van der Waals surface area (Å²) in [5, 5.41) is 1.93. The summed E-state index contributed by atoms with van der Waals surface area (Å²) in [7, 11) is 0. The van der Waals surface area contributed by atoms with E-state index in [9.17, 15) is 4.79 Å². The van der Waals surface area contributed by atoms with Gasteiger partial charge in [-0.05, 0) is 46.1 Å². The Morgan fingerprint density at radius 3 is 2.65 bits per heavy atom. The molecule has 1 aromatic carbocycles. The van der Waals surface area contributed by atoms with Crippen LogP contribution in [0.25, 0.3) is 10.9 Å². The van der Waals surface area contributed by atoms with Crippen molar-refractivity contribution in [1.29, 1.82) is 0 Å². The van der Waals surface area contributed by atoms with Crippen LogP contribution in [-0.4, -0.2) is 38.6 Å². The van der Waals surface area contributed by atoms with E-state index < -0.39 is 0 Å². The topological polar surface area (TPSA) is 46.1 Å². The maximum Gasteiger partial charge on any atom is 0.233 e. The first-order chi connectivity index (χ1) is 11.1. The maximum atomic E-state index is 12.7. The standard InChI is InChI=1S/C18H23N3OS/c1-12-7-6-8-13(2)21(12)17(22)11-23-18-15-9-4-5-10-16(15)19-14(3)20-18/h4-5,9-10,12-13H,6-8,11H2,1-3H3/t12-,13+. The molecule has 1 fully saturated rings. The van der Waals surface area contributed by atoms with Crippen molar-refractivity contribution < 1.29 is 4.79 Å². The molecule has 4 nitrogen and oxygen atoms in total. The highest BCUT2D eigenvalue weighted by Gasteiger charge is 2.28. The number of likely N-dealkylation sites (tertiary alicyclic amines) is 1. The van der Waals surface area contributed by atoms with Crippen LogP contribution in [0.3, 0.4) is 0 Å². The summed E-state index contributed by atoms with van der Waals surface area (Å²) in [6.07, 6.45) is 3.43. The number of rotatable bonds is 3. The van der Waals surface area contributed by atoms with Gasteiger partial charge in [0.1, 0.15) is 10.9 Å². The molecule has 0 saturated carbocycles. The predicted octanol–water partition coefficient (Wildman–Crippen LogP) is 3.82. The van der Waals surface area contributed by atoms with E-state index in [1.807, 2.05) is 31.2 Å². The molecule has 3 rings (SSSR count). The molecule has 0 bridgehead atoms. The summed E-state index contributed by atoms with van der Waals surface area (Å²) in [4.78, 5) is 23.7. The Morgan fingerprint density at radius 2 is 1.91 bits per heavy atom. The molecule has 2 atom stereocenters. The molecule has 0 N–H and O–H groups in total. The van der Waals surface area contributed by atoms with Gasteiger partial charge >= 0.3 is 0 Å². The minimum Gasteiger partial charge on any atom is -0.337 e.